The van der Waals surface area contributed by atoms with Gasteiger partial charge in [-0.3, -0.25) is 9.59 Å². The number of rotatable bonds is 1. The van der Waals surface area contributed by atoms with Crippen molar-refractivity contribution in [2.75, 3.05) is 26.2 Å². The minimum Gasteiger partial charge on any atom is -0.492 e. The third-order valence-corrected chi connectivity index (χ3v) is 7.42. The van der Waals surface area contributed by atoms with Crippen LogP contribution < -0.4 is 4.74 Å². The van der Waals surface area contributed by atoms with Crippen molar-refractivity contribution in [3.05, 3.63) is 29.8 Å². The second-order valence-corrected chi connectivity index (χ2v) is 9.71. The maximum absolute atomic E-state index is 13.2. The zero-order chi connectivity index (χ0) is 22.3. The molecule has 176 valence electrons. The van der Waals surface area contributed by atoms with Gasteiger partial charge in [0.25, 0.3) is 0 Å². The van der Waals surface area contributed by atoms with E-state index in [1.807, 2.05) is 17.0 Å². The Labute approximate surface area is 191 Å². The molecule has 0 spiro atoms. The largest absolute Gasteiger partial charge is 0.492 e. The highest BCUT2D eigenvalue weighted by Crippen LogP contribution is 2.27. The van der Waals surface area contributed by atoms with Crippen molar-refractivity contribution in [3.63, 3.8) is 0 Å². The van der Waals surface area contributed by atoms with E-state index < -0.39 is 0 Å². The Morgan fingerprint density at radius 1 is 0.938 bits per heavy atom. The molecular weight excluding hydrogens is 404 g/mol. The van der Waals surface area contributed by atoms with E-state index in [0.717, 1.165) is 50.8 Å². The molecule has 0 aromatic heterocycles. The number of hydrogen-bond acceptors (Lipinski definition) is 4. The van der Waals surface area contributed by atoms with Gasteiger partial charge in [-0.2, -0.15) is 0 Å². The molecule has 1 saturated heterocycles. The second kappa shape index (κ2) is 11.2. The Morgan fingerprint density at radius 3 is 2.62 bits per heavy atom. The van der Waals surface area contributed by atoms with Gasteiger partial charge >= 0.3 is 0 Å². The zero-order valence-electron chi connectivity index (χ0n) is 19.2. The topological polar surface area (TPSA) is 70.1 Å². The molecule has 2 fully saturated rings. The van der Waals surface area contributed by atoms with Gasteiger partial charge in [0.15, 0.2) is 0 Å². The fraction of sp³-hybridized carbons (Fsp3) is 0.692. The lowest BCUT2D eigenvalue weighted by Gasteiger charge is -2.36. The summed E-state index contributed by atoms with van der Waals surface area (Å²) in [5.74, 6) is 1.22. The number of aliphatic hydroxyl groups excluding tert-OH is 1. The van der Waals surface area contributed by atoms with Gasteiger partial charge in [-0.05, 0) is 81.9 Å². The van der Waals surface area contributed by atoms with E-state index in [0.29, 0.717) is 51.4 Å². The fourth-order valence-electron chi connectivity index (χ4n) is 5.50. The van der Waals surface area contributed by atoms with Crippen LogP contribution in [0.4, 0.5) is 0 Å². The molecule has 0 radical (unpaired) electrons. The summed E-state index contributed by atoms with van der Waals surface area (Å²) in [7, 11) is 0. The summed E-state index contributed by atoms with van der Waals surface area (Å²) in [6, 6.07) is 8.56. The average Bonchev–Trinajstić information content (AvgIpc) is 2.82. The molecule has 1 N–H and O–H groups in total. The smallest absolute Gasteiger partial charge is 0.225 e. The van der Waals surface area contributed by atoms with Gasteiger partial charge in [0.05, 0.1) is 12.6 Å². The van der Waals surface area contributed by atoms with Crippen molar-refractivity contribution in [1.29, 1.82) is 0 Å². The third-order valence-electron chi connectivity index (χ3n) is 7.42. The van der Waals surface area contributed by atoms with Gasteiger partial charge in [0.1, 0.15) is 12.4 Å². The first-order valence-corrected chi connectivity index (χ1v) is 12.6. The summed E-state index contributed by atoms with van der Waals surface area (Å²) in [6.07, 6.45) is 9.10. The minimum absolute atomic E-state index is 0.0222. The van der Waals surface area contributed by atoms with Crippen molar-refractivity contribution < 1.29 is 19.4 Å². The van der Waals surface area contributed by atoms with E-state index in [9.17, 15) is 14.7 Å². The van der Waals surface area contributed by atoms with Crippen LogP contribution in [0, 0.1) is 5.92 Å². The Morgan fingerprint density at radius 2 is 1.78 bits per heavy atom. The van der Waals surface area contributed by atoms with Gasteiger partial charge < -0.3 is 19.6 Å². The summed E-state index contributed by atoms with van der Waals surface area (Å²) < 4.78 is 6.02. The molecule has 1 aromatic carbocycles. The van der Waals surface area contributed by atoms with Gasteiger partial charge in [-0.15, -0.1) is 0 Å². The lowest BCUT2D eigenvalue weighted by atomic mass is 9.86. The Balaban J connectivity index is 1.47. The molecule has 1 unspecified atom stereocenters. The Kier molecular flexibility index (Phi) is 8.06. The molecule has 1 atom stereocenters. The normalized spacial score (nSPS) is 28.2. The van der Waals surface area contributed by atoms with Crippen LogP contribution in [0.2, 0.25) is 0 Å². The van der Waals surface area contributed by atoms with Crippen molar-refractivity contribution in [2.45, 2.75) is 82.8 Å². The maximum Gasteiger partial charge on any atom is 0.225 e. The van der Waals surface area contributed by atoms with Crippen molar-refractivity contribution in [1.82, 2.24) is 9.80 Å². The van der Waals surface area contributed by atoms with Crippen LogP contribution in [-0.2, 0) is 16.0 Å². The van der Waals surface area contributed by atoms with Crippen molar-refractivity contribution in [3.8, 4) is 5.75 Å². The van der Waals surface area contributed by atoms with Crippen LogP contribution in [0.3, 0.4) is 0 Å². The first kappa shape index (κ1) is 23.1. The molecule has 1 aliphatic carbocycles. The van der Waals surface area contributed by atoms with E-state index >= 15 is 0 Å². The van der Waals surface area contributed by atoms with Gasteiger partial charge in [-0.1, -0.05) is 12.1 Å². The number of amides is 2. The maximum atomic E-state index is 13.2. The fourth-order valence-corrected chi connectivity index (χ4v) is 5.50. The molecule has 2 aliphatic heterocycles. The quantitative estimate of drug-likeness (QED) is 0.722. The molecular formula is C26H38N2O4. The molecule has 4 rings (SSSR count). The van der Waals surface area contributed by atoms with E-state index in [1.165, 1.54) is 12.0 Å². The zero-order valence-corrected chi connectivity index (χ0v) is 19.2. The molecule has 2 amide bonds. The molecule has 1 aromatic rings. The highest BCUT2D eigenvalue weighted by molar-refractivity contribution is 5.79. The average molecular weight is 443 g/mol. The number of carbonyl (C=O) groups is 2. The first-order chi connectivity index (χ1) is 15.6. The molecule has 6 nitrogen and oxygen atoms in total. The third kappa shape index (κ3) is 6.03. The number of piperidine rings is 1. The number of nitrogens with zero attached hydrogens (tertiary/aromatic N) is 2. The minimum atomic E-state index is -0.271. The van der Waals surface area contributed by atoms with E-state index in [4.69, 9.17) is 4.74 Å². The highest BCUT2D eigenvalue weighted by Gasteiger charge is 2.30. The SMILES string of the molecule is O=C(C1CCC(O)CC1)N1CCCC(=O)N2CCCCC2CCc2cccc(c2)OCC1. The predicted octanol–water partition coefficient (Wildman–Crippen LogP) is 3.55. The standard InChI is InChI=1S/C26H38N2O4/c29-23-13-10-21(11-14-23)26(31)27-15-4-8-25(30)28-16-2-1-6-22(28)12-9-20-5-3-7-24(19-20)32-18-17-27/h3,5,7,19,21-23,29H,1-2,4,6,8-18H2. The summed E-state index contributed by atoms with van der Waals surface area (Å²) in [6.45, 7) is 2.43. The number of benzene rings is 1. The lowest BCUT2D eigenvalue weighted by Crippen LogP contribution is -2.44. The highest BCUT2D eigenvalue weighted by atomic mass is 16.5. The number of fused-ring (bicyclic) bond motifs is 3. The molecule has 1 saturated carbocycles. The molecule has 3 aliphatic rings. The van der Waals surface area contributed by atoms with E-state index in [1.54, 1.807) is 0 Å². The summed E-state index contributed by atoms with van der Waals surface area (Å²) in [4.78, 5) is 30.3. The molecule has 2 heterocycles. The van der Waals surface area contributed by atoms with Crippen LogP contribution in [0.5, 0.6) is 5.75 Å². The number of aryl methyl sites for hydroxylation is 1. The van der Waals surface area contributed by atoms with E-state index in [-0.39, 0.29) is 23.8 Å². The summed E-state index contributed by atoms with van der Waals surface area (Å²) in [5.41, 5.74) is 1.24. The van der Waals surface area contributed by atoms with Crippen LogP contribution in [0.15, 0.2) is 24.3 Å². The number of ether oxygens (including phenoxy) is 1. The van der Waals surface area contributed by atoms with Crippen molar-refractivity contribution in [2.24, 2.45) is 5.92 Å². The first-order valence-electron chi connectivity index (χ1n) is 12.6. The van der Waals surface area contributed by atoms with Crippen LogP contribution in [-0.4, -0.2) is 65.1 Å². The second-order valence-electron chi connectivity index (χ2n) is 9.71. The van der Waals surface area contributed by atoms with Gasteiger partial charge in [0.2, 0.25) is 11.8 Å². The number of carbonyl (C=O) groups excluding carboxylic acids is 2. The summed E-state index contributed by atoms with van der Waals surface area (Å²) in [5, 5.41) is 9.80. The van der Waals surface area contributed by atoms with Crippen LogP contribution in [0.25, 0.3) is 0 Å². The number of aliphatic hydroxyl groups is 1. The van der Waals surface area contributed by atoms with Gasteiger partial charge in [0, 0.05) is 31.5 Å². The van der Waals surface area contributed by atoms with Crippen LogP contribution >= 0.6 is 0 Å². The Bertz CT molecular complexity index is 775. The van der Waals surface area contributed by atoms with Crippen molar-refractivity contribution >= 4 is 11.8 Å². The monoisotopic (exact) mass is 442 g/mol. The van der Waals surface area contributed by atoms with E-state index in [2.05, 4.69) is 17.0 Å². The van der Waals surface area contributed by atoms with Gasteiger partial charge in [-0.25, -0.2) is 0 Å². The number of hydrogen-bond donors (Lipinski definition) is 1. The Hall–Kier alpha value is -2.08. The molecule has 2 bridgehead atoms. The lowest BCUT2D eigenvalue weighted by molar-refractivity contribution is -0.139. The summed E-state index contributed by atoms with van der Waals surface area (Å²) >= 11 is 0. The predicted molar refractivity (Wildman–Crippen MR) is 123 cm³/mol. The molecule has 6 heteroatoms. The van der Waals surface area contributed by atoms with Crippen LogP contribution in [0.1, 0.15) is 69.8 Å². The molecule has 32 heavy (non-hydrogen) atoms.